The molecular weight excluding hydrogens is 288 g/mol. The topological polar surface area (TPSA) is 70.0 Å². The number of aryl methyl sites for hydroxylation is 3. The summed E-state index contributed by atoms with van der Waals surface area (Å²) in [4.78, 5) is 11.9. The van der Waals surface area contributed by atoms with Gasteiger partial charge in [-0.25, -0.2) is 0 Å². The fraction of sp³-hybridized carbons (Fsp3) is 0.385. The molecule has 0 saturated heterocycles. The Balaban J connectivity index is 1.76. The number of thioether (sulfide) groups is 1. The number of hydrogen-bond donors (Lipinski definition) is 0. The third-order valence-electron chi connectivity index (χ3n) is 3.30. The predicted molar refractivity (Wildman–Crippen MR) is 81.2 cm³/mol. The fourth-order valence-corrected chi connectivity index (χ4v) is 3.12. The first-order valence-electron chi connectivity index (χ1n) is 6.53. The van der Waals surface area contributed by atoms with Crippen LogP contribution >= 0.6 is 11.8 Å². The molecule has 0 amide bonds. The number of nitrogens with zero attached hydrogens (tertiary/aromatic N) is 6. The lowest BCUT2D eigenvalue weighted by Crippen LogP contribution is -2.18. The van der Waals surface area contributed by atoms with Crippen molar-refractivity contribution in [3.05, 3.63) is 46.0 Å². The molecular formula is C13H16N6OS. The second kappa shape index (κ2) is 5.36. The molecule has 0 atom stereocenters. The molecule has 0 aliphatic rings. The molecule has 0 fully saturated rings. The SMILES string of the molecule is Cc1cc(CSCc2nnc3c(=O)n(C)ccn23)n(C)n1. The van der Waals surface area contributed by atoms with E-state index in [2.05, 4.69) is 21.4 Å². The van der Waals surface area contributed by atoms with Crippen LogP contribution in [0.4, 0.5) is 0 Å². The molecule has 8 heteroatoms. The van der Waals surface area contributed by atoms with E-state index in [4.69, 9.17) is 0 Å². The van der Waals surface area contributed by atoms with Crippen molar-refractivity contribution >= 4 is 17.4 Å². The van der Waals surface area contributed by atoms with Gasteiger partial charge in [-0.3, -0.25) is 13.9 Å². The molecule has 0 spiro atoms. The summed E-state index contributed by atoms with van der Waals surface area (Å²) in [6.45, 7) is 1.98. The van der Waals surface area contributed by atoms with E-state index in [0.717, 1.165) is 17.3 Å². The molecule has 7 nitrogen and oxygen atoms in total. The van der Waals surface area contributed by atoms with E-state index in [-0.39, 0.29) is 5.56 Å². The minimum atomic E-state index is -0.136. The number of hydrogen-bond acceptors (Lipinski definition) is 5. The third kappa shape index (κ3) is 2.58. The van der Waals surface area contributed by atoms with E-state index in [1.165, 1.54) is 10.3 Å². The van der Waals surface area contributed by atoms with E-state index in [1.54, 1.807) is 29.4 Å². The number of aromatic nitrogens is 6. The van der Waals surface area contributed by atoms with Crippen molar-refractivity contribution in [2.45, 2.75) is 18.4 Å². The summed E-state index contributed by atoms with van der Waals surface area (Å²) in [7, 11) is 3.65. The molecule has 3 rings (SSSR count). The summed E-state index contributed by atoms with van der Waals surface area (Å²) in [5, 5.41) is 12.4. The average Bonchev–Trinajstić information content (AvgIpc) is 2.99. The Labute approximate surface area is 125 Å². The number of rotatable bonds is 4. The lowest BCUT2D eigenvalue weighted by Gasteiger charge is -2.02. The molecule has 0 aliphatic carbocycles. The number of fused-ring (bicyclic) bond motifs is 1. The van der Waals surface area contributed by atoms with Gasteiger partial charge in [-0.2, -0.15) is 5.10 Å². The molecule has 3 aromatic heterocycles. The molecule has 0 aromatic carbocycles. The molecule has 0 N–H and O–H groups in total. The maximum absolute atomic E-state index is 11.9. The van der Waals surface area contributed by atoms with Crippen molar-refractivity contribution in [1.29, 1.82) is 0 Å². The smallest absolute Gasteiger partial charge is 0.295 e. The highest BCUT2D eigenvalue weighted by molar-refractivity contribution is 7.97. The zero-order valence-corrected chi connectivity index (χ0v) is 13.0. The van der Waals surface area contributed by atoms with Crippen LogP contribution in [0.25, 0.3) is 5.65 Å². The first kappa shape index (κ1) is 13.9. The van der Waals surface area contributed by atoms with Gasteiger partial charge in [0, 0.05) is 37.9 Å². The normalized spacial score (nSPS) is 11.4. The van der Waals surface area contributed by atoms with Gasteiger partial charge in [-0.1, -0.05) is 0 Å². The Morgan fingerprint density at radius 1 is 1.19 bits per heavy atom. The van der Waals surface area contributed by atoms with E-state index in [1.807, 2.05) is 24.9 Å². The highest BCUT2D eigenvalue weighted by Gasteiger charge is 2.10. The minimum Gasteiger partial charge on any atom is -0.314 e. The van der Waals surface area contributed by atoms with Gasteiger partial charge in [0.05, 0.1) is 11.4 Å². The molecule has 0 saturated carbocycles. The highest BCUT2D eigenvalue weighted by Crippen LogP contribution is 2.17. The van der Waals surface area contributed by atoms with Crippen LogP contribution in [-0.2, 0) is 25.6 Å². The van der Waals surface area contributed by atoms with Crippen molar-refractivity contribution in [3.8, 4) is 0 Å². The van der Waals surface area contributed by atoms with Crippen LogP contribution in [-0.4, -0.2) is 28.9 Å². The summed E-state index contributed by atoms with van der Waals surface area (Å²) >= 11 is 1.72. The molecule has 21 heavy (non-hydrogen) atoms. The van der Waals surface area contributed by atoms with Crippen LogP contribution in [0.5, 0.6) is 0 Å². The monoisotopic (exact) mass is 304 g/mol. The van der Waals surface area contributed by atoms with E-state index < -0.39 is 0 Å². The minimum absolute atomic E-state index is 0.136. The first-order valence-corrected chi connectivity index (χ1v) is 7.68. The van der Waals surface area contributed by atoms with Crippen LogP contribution in [0.1, 0.15) is 17.2 Å². The summed E-state index contributed by atoms with van der Waals surface area (Å²) < 4.78 is 5.14. The maximum atomic E-state index is 11.9. The van der Waals surface area contributed by atoms with E-state index in [0.29, 0.717) is 11.4 Å². The van der Waals surface area contributed by atoms with Gasteiger partial charge in [-0.05, 0) is 13.0 Å². The summed E-state index contributed by atoms with van der Waals surface area (Å²) in [6.07, 6.45) is 3.54. The van der Waals surface area contributed by atoms with Gasteiger partial charge in [0.25, 0.3) is 5.56 Å². The van der Waals surface area contributed by atoms with Crippen molar-refractivity contribution < 1.29 is 0 Å². The molecule has 0 unspecified atom stereocenters. The van der Waals surface area contributed by atoms with Gasteiger partial charge in [0.1, 0.15) is 5.82 Å². The predicted octanol–water partition coefficient (Wildman–Crippen LogP) is 0.903. The molecule has 3 aromatic rings. The van der Waals surface area contributed by atoms with Crippen LogP contribution in [0.3, 0.4) is 0 Å². The fourth-order valence-electron chi connectivity index (χ4n) is 2.16. The summed E-state index contributed by atoms with van der Waals surface area (Å²) in [5.41, 5.74) is 2.42. The second-order valence-corrected chi connectivity index (χ2v) is 5.90. The van der Waals surface area contributed by atoms with Crippen molar-refractivity contribution in [2.24, 2.45) is 14.1 Å². The van der Waals surface area contributed by atoms with Crippen LogP contribution in [0.15, 0.2) is 23.3 Å². The summed E-state index contributed by atoms with van der Waals surface area (Å²) in [5.74, 6) is 2.32. The third-order valence-corrected chi connectivity index (χ3v) is 4.26. The Morgan fingerprint density at radius 2 is 2.00 bits per heavy atom. The van der Waals surface area contributed by atoms with Gasteiger partial charge in [0.15, 0.2) is 0 Å². The maximum Gasteiger partial charge on any atom is 0.295 e. The standard InChI is InChI=1S/C13H16N6OS/c1-9-6-10(18(3)16-9)7-21-8-11-14-15-12-13(20)17(2)4-5-19(11)12/h4-6H,7-8H2,1-3H3. The quantitative estimate of drug-likeness (QED) is 0.716. The van der Waals surface area contributed by atoms with Crippen LogP contribution in [0, 0.1) is 6.92 Å². The molecule has 0 radical (unpaired) electrons. The first-order chi connectivity index (χ1) is 10.1. The Hall–Kier alpha value is -2.09. The lowest BCUT2D eigenvalue weighted by molar-refractivity contribution is 0.727. The summed E-state index contributed by atoms with van der Waals surface area (Å²) in [6, 6.07) is 2.07. The zero-order chi connectivity index (χ0) is 15.0. The Morgan fingerprint density at radius 3 is 2.71 bits per heavy atom. The van der Waals surface area contributed by atoms with E-state index in [9.17, 15) is 4.79 Å². The van der Waals surface area contributed by atoms with Gasteiger partial charge < -0.3 is 4.57 Å². The van der Waals surface area contributed by atoms with Crippen molar-refractivity contribution in [1.82, 2.24) is 28.9 Å². The van der Waals surface area contributed by atoms with Gasteiger partial charge in [-0.15, -0.1) is 22.0 Å². The average molecular weight is 304 g/mol. The second-order valence-electron chi connectivity index (χ2n) is 4.92. The van der Waals surface area contributed by atoms with Crippen LogP contribution < -0.4 is 5.56 Å². The Bertz CT molecular complexity index is 846. The molecule has 110 valence electrons. The molecule has 0 bridgehead atoms. The van der Waals surface area contributed by atoms with Crippen LogP contribution in [0.2, 0.25) is 0 Å². The van der Waals surface area contributed by atoms with Gasteiger partial charge in [0.2, 0.25) is 5.65 Å². The zero-order valence-electron chi connectivity index (χ0n) is 12.1. The van der Waals surface area contributed by atoms with Crippen molar-refractivity contribution in [2.75, 3.05) is 0 Å². The molecule has 0 aliphatic heterocycles. The van der Waals surface area contributed by atoms with Gasteiger partial charge >= 0.3 is 0 Å². The highest BCUT2D eigenvalue weighted by atomic mass is 32.2. The Kier molecular flexibility index (Phi) is 3.54. The largest absolute Gasteiger partial charge is 0.314 e. The lowest BCUT2D eigenvalue weighted by atomic mass is 10.4. The molecule has 3 heterocycles. The van der Waals surface area contributed by atoms with E-state index >= 15 is 0 Å². The van der Waals surface area contributed by atoms with Crippen molar-refractivity contribution in [3.63, 3.8) is 0 Å².